The number of carbonyl (C=O) groups is 2. The summed E-state index contributed by atoms with van der Waals surface area (Å²) in [7, 11) is 0. The number of nitrogens with two attached hydrogens (primary N) is 1. The van der Waals surface area contributed by atoms with Crippen LogP contribution < -0.4 is 11.1 Å². The highest BCUT2D eigenvalue weighted by Gasteiger charge is 1.95. The zero-order valence-corrected chi connectivity index (χ0v) is 10.2. The second-order valence-corrected chi connectivity index (χ2v) is 3.78. The van der Waals surface area contributed by atoms with Gasteiger partial charge in [0.2, 0.25) is 0 Å². The number of primary amides is 1. The van der Waals surface area contributed by atoms with Crippen LogP contribution in [0.5, 0.6) is 0 Å². The van der Waals surface area contributed by atoms with Gasteiger partial charge in [0.25, 0.3) is 0 Å². The van der Waals surface area contributed by atoms with E-state index in [1.165, 1.54) is 38.5 Å². The van der Waals surface area contributed by atoms with Gasteiger partial charge in [-0.25, -0.2) is 9.59 Å². The third kappa shape index (κ3) is 12.4. The molecule has 1 aliphatic carbocycles. The van der Waals surface area contributed by atoms with Crippen LogP contribution in [-0.4, -0.2) is 25.2 Å². The Morgan fingerprint density at radius 3 is 2.00 bits per heavy atom. The molecule has 98 valence electrons. The van der Waals surface area contributed by atoms with Crippen LogP contribution in [0.15, 0.2) is 12.7 Å². The Kier molecular flexibility index (Phi) is 10.00. The fourth-order valence-electron chi connectivity index (χ4n) is 1.45. The largest absolute Gasteiger partial charge is 0.461 e. The third-order valence-corrected chi connectivity index (χ3v) is 2.31. The van der Waals surface area contributed by atoms with E-state index in [4.69, 9.17) is 5.73 Å². The van der Waals surface area contributed by atoms with E-state index in [2.05, 4.69) is 16.6 Å². The number of esters is 1. The molecule has 0 aromatic rings. The lowest BCUT2D eigenvalue weighted by Gasteiger charge is -2.05. The van der Waals surface area contributed by atoms with Crippen molar-refractivity contribution in [3.63, 3.8) is 0 Å². The highest BCUT2D eigenvalue weighted by atomic mass is 16.5. The van der Waals surface area contributed by atoms with Gasteiger partial charge in [0.15, 0.2) is 0 Å². The minimum absolute atomic E-state index is 0.105. The summed E-state index contributed by atoms with van der Waals surface area (Å²) in [5.74, 6) is -0.517. The molecule has 0 spiro atoms. The predicted molar refractivity (Wildman–Crippen MR) is 66.4 cm³/mol. The van der Waals surface area contributed by atoms with Gasteiger partial charge in [-0.2, -0.15) is 0 Å². The number of hydrogen-bond donors (Lipinski definition) is 2. The molecule has 3 N–H and O–H groups in total. The topological polar surface area (TPSA) is 81.4 Å². The summed E-state index contributed by atoms with van der Waals surface area (Å²) in [6.07, 6.45) is 10.0. The molecule has 0 heterocycles. The number of nitrogens with one attached hydrogen (secondary N) is 1. The van der Waals surface area contributed by atoms with Gasteiger partial charge < -0.3 is 15.8 Å². The molecular formula is C12H22N2O3. The number of urea groups is 1. The van der Waals surface area contributed by atoms with Gasteiger partial charge in [-0.05, 0) is 0 Å². The Hall–Kier alpha value is -1.52. The zero-order chi connectivity index (χ0) is 12.9. The van der Waals surface area contributed by atoms with E-state index in [0.29, 0.717) is 0 Å². The average molecular weight is 242 g/mol. The minimum Gasteiger partial charge on any atom is -0.461 e. The number of rotatable bonds is 4. The van der Waals surface area contributed by atoms with E-state index in [1.807, 2.05) is 0 Å². The minimum atomic E-state index is -0.639. The van der Waals surface area contributed by atoms with Crippen molar-refractivity contribution in [1.29, 1.82) is 0 Å². The highest BCUT2D eigenvalue weighted by Crippen LogP contribution is 2.15. The first-order valence-corrected chi connectivity index (χ1v) is 5.99. The molecule has 0 saturated heterocycles. The SMILES string of the molecule is C1CCCCC1.C=CC(=O)OCCNC(N)=O. The van der Waals surface area contributed by atoms with Crippen LogP contribution in [0, 0.1) is 0 Å². The van der Waals surface area contributed by atoms with Crippen LogP contribution in [0.3, 0.4) is 0 Å². The van der Waals surface area contributed by atoms with Crippen LogP contribution in [0.25, 0.3) is 0 Å². The van der Waals surface area contributed by atoms with Gasteiger partial charge in [0.05, 0.1) is 6.54 Å². The molecule has 0 unspecified atom stereocenters. The molecular weight excluding hydrogens is 220 g/mol. The summed E-state index contributed by atoms with van der Waals surface area (Å²) in [4.78, 5) is 20.4. The molecule has 5 nitrogen and oxygen atoms in total. The van der Waals surface area contributed by atoms with Crippen molar-refractivity contribution < 1.29 is 14.3 Å². The first-order chi connectivity index (χ1) is 8.16. The summed E-state index contributed by atoms with van der Waals surface area (Å²) in [6.45, 7) is 3.51. The maximum Gasteiger partial charge on any atom is 0.330 e. The standard InChI is InChI=1S/C6H10N2O3.C6H12/c1-2-5(9)11-4-3-8-6(7)10;1-2-4-6-5-3-1/h2H,1,3-4H2,(H3,7,8,10);1-6H2. The summed E-state index contributed by atoms with van der Waals surface area (Å²) < 4.78 is 4.51. The van der Waals surface area contributed by atoms with Crippen molar-refractivity contribution in [3.8, 4) is 0 Å². The smallest absolute Gasteiger partial charge is 0.330 e. The molecule has 1 rings (SSSR count). The van der Waals surface area contributed by atoms with Crippen LogP contribution in [0.2, 0.25) is 0 Å². The van der Waals surface area contributed by atoms with Gasteiger partial charge >= 0.3 is 12.0 Å². The Bertz CT molecular complexity index is 226. The molecule has 5 heteroatoms. The normalized spacial score (nSPS) is 13.9. The van der Waals surface area contributed by atoms with Crippen molar-refractivity contribution in [2.24, 2.45) is 5.73 Å². The molecule has 0 atom stereocenters. The number of carbonyl (C=O) groups excluding carboxylic acids is 2. The Balaban J connectivity index is 0.000000354. The molecule has 0 bridgehead atoms. The van der Waals surface area contributed by atoms with Crippen molar-refractivity contribution in [3.05, 3.63) is 12.7 Å². The van der Waals surface area contributed by atoms with E-state index >= 15 is 0 Å². The fourth-order valence-corrected chi connectivity index (χ4v) is 1.45. The van der Waals surface area contributed by atoms with Crippen LogP contribution in [0.4, 0.5) is 4.79 Å². The zero-order valence-electron chi connectivity index (χ0n) is 10.2. The molecule has 0 aromatic heterocycles. The lowest BCUT2D eigenvalue weighted by atomic mass is 10.0. The maximum atomic E-state index is 10.4. The lowest BCUT2D eigenvalue weighted by molar-refractivity contribution is -0.137. The van der Waals surface area contributed by atoms with Crippen molar-refractivity contribution in [1.82, 2.24) is 5.32 Å². The summed E-state index contributed by atoms with van der Waals surface area (Å²) in [5, 5.41) is 2.25. The first kappa shape index (κ1) is 15.5. The molecule has 1 fully saturated rings. The highest BCUT2D eigenvalue weighted by molar-refractivity contribution is 5.81. The van der Waals surface area contributed by atoms with Crippen LogP contribution in [0.1, 0.15) is 38.5 Å². The van der Waals surface area contributed by atoms with Gasteiger partial charge in [-0.3, -0.25) is 0 Å². The second-order valence-electron chi connectivity index (χ2n) is 3.78. The van der Waals surface area contributed by atoms with Gasteiger partial charge in [-0.15, -0.1) is 0 Å². The first-order valence-electron chi connectivity index (χ1n) is 5.99. The second kappa shape index (κ2) is 11.0. The Labute approximate surface area is 102 Å². The number of ether oxygens (including phenoxy) is 1. The predicted octanol–water partition coefficient (Wildman–Crippen LogP) is 1.72. The van der Waals surface area contributed by atoms with Crippen LogP contribution >= 0.6 is 0 Å². The molecule has 17 heavy (non-hydrogen) atoms. The van der Waals surface area contributed by atoms with E-state index in [9.17, 15) is 9.59 Å². The van der Waals surface area contributed by atoms with E-state index in [0.717, 1.165) is 6.08 Å². The quantitative estimate of drug-likeness (QED) is 0.447. The third-order valence-electron chi connectivity index (χ3n) is 2.31. The fraction of sp³-hybridized carbons (Fsp3) is 0.667. The Morgan fingerprint density at radius 2 is 1.65 bits per heavy atom. The van der Waals surface area contributed by atoms with E-state index in [-0.39, 0.29) is 13.2 Å². The lowest BCUT2D eigenvalue weighted by Crippen LogP contribution is -2.32. The molecule has 1 aliphatic rings. The number of amides is 2. The molecule has 1 saturated carbocycles. The van der Waals surface area contributed by atoms with Gasteiger partial charge in [0, 0.05) is 6.08 Å². The van der Waals surface area contributed by atoms with E-state index in [1.54, 1.807) is 0 Å². The summed E-state index contributed by atoms with van der Waals surface area (Å²) >= 11 is 0. The van der Waals surface area contributed by atoms with Crippen LogP contribution in [-0.2, 0) is 9.53 Å². The molecule has 0 radical (unpaired) electrons. The summed E-state index contributed by atoms with van der Waals surface area (Å²) in [6, 6.07) is -0.639. The summed E-state index contributed by atoms with van der Waals surface area (Å²) in [5.41, 5.74) is 4.73. The molecule has 0 aromatic carbocycles. The Morgan fingerprint density at radius 1 is 1.18 bits per heavy atom. The maximum absolute atomic E-state index is 10.4. The van der Waals surface area contributed by atoms with E-state index < -0.39 is 12.0 Å². The van der Waals surface area contributed by atoms with Gasteiger partial charge in [-0.1, -0.05) is 45.1 Å². The van der Waals surface area contributed by atoms with Crippen molar-refractivity contribution in [2.45, 2.75) is 38.5 Å². The van der Waals surface area contributed by atoms with Crippen molar-refractivity contribution >= 4 is 12.0 Å². The average Bonchev–Trinajstić information content (AvgIpc) is 2.37. The van der Waals surface area contributed by atoms with Gasteiger partial charge in [0.1, 0.15) is 6.61 Å². The molecule has 2 amide bonds. The van der Waals surface area contributed by atoms with Crippen molar-refractivity contribution in [2.75, 3.05) is 13.2 Å². The monoisotopic (exact) mass is 242 g/mol. The molecule has 0 aliphatic heterocycles. The number of hydrogen-bond acceptors (Lipinski definition) is 3.